The Hall–Kier alpha value is -1.51. The quantitative estimate of drug-likeness (QED) is 0.809. The fourth-order valence-electron chi connectivity index (χ4n) is 3.31. The molecule has 2 saturated heterocycles. The SMILES string of the molecule is CC(=O)N[C@@H]1[C@@H](OCCc2ccccc2)O[C@@H]2COC(C)(C)O[C@@H]2[C@@H]1O. The van der Waals surface area contributed by atoms with Crippen LogP contribution in [0, 0.1) is 0 Å². The second-order valence-corrected chi connectivity index (χ2v) is 7.16. The van der Waals surface area contributed by atoms with Gasteiger partial charge in [0.1, 0.15) is 24.4 Å². The van der Waals surface area contributed by atoms with Gasteiger partial charge >= 0.3 is 0 Å². The number of rotatable bonds is 5. The van der Waals surface area contributed by atoms with Crippen LogP contribution in [0.15, 0.2) is 30.3 Å². The number of fused-ring (bicyclic) bond motifs is 1. The van der Waals surface area contributed by atoms with Gasteiger partial charge in [-0.2, -0.15) is 0 Å². The van der Waals surface area contributed by atoms with Gasteiger partial charge in [0.2, 0.25) is 5.91 Å². The van der Waals surface area contributed by atoms with Crippen molar-refractivity contribution in [1.29, 1.82) is 0 Å². The highest BCUT2D eigenvalue weighted by molar-refractivity contribution is 5.73. The topological polar surface area (TPSA) is 86.3 Å². The molecule has 144 valence electrons. The lowest BCUT2D eigenvalue weighted by molar-refractivity contribution is -0.368. The summed E-state index contributed by atoms with van der Waals surface area (Å²) in [5.41, 5.74) is 1.14. The highest BCUT2D eigenvalue weighted by Crippen LogP contribution is 2.32. The molecule has 2 N–H and O–H groups in total. The first-order chi connectivity index (χ1) is 12.4. The average molecular weight is 365 g/mol. The minimum atomic E-state index is -0.956. The second kappa shape index (κ2) is 8.02. The molecule has 0 bridgehead atoms. The van der Waals surface area contributed by atoms with Crippen molar-refractivity contribution < 1.29 is 28.8 Å². The number of ether oxygens (including phenoxy) is 4. The number of carbonyl (C=O) groups excluding carboxylic acids is 1. The van der Waals surface area contributed by atoms with Crippen LogP contribution in [-0.4, -0.2) is 60.7 Å². The van der Waals surface area contributed by atoms with E-state index >= 15 is 0 Å². The predicted molar refractivity (Wildman–Crippen MR) is 93.3 cm³/mol. The highest BCUT2D eigenvalue weighted by Gasteiger charge is 2.51. The number of amides is 1. The molecule has 0 spiro atoms. The Kier molecular flexibility index (Phi) is 5.94. The molecule has 2 aliphatic heterocycles. The van der Waals surface area contributed by atoms with Crippen LogP contribution in [0.3, 0.4) is 0 Å². The molecule has 3 rings (SSSR count). The van der Waals surface area contributed by atoms with Crippen molar-refractivity contribution in [3.63, 3.8) is 0 Å². The largest absolute Gasteiger partial charge is 0.388 e. The molecule has 0 saturated carbocycles. The molecule has 0 unspecified atom stereocenters. The number of nitrogens with one attached hydrogen (secondary N) is 1. The van der Waals surface area contributed by atoms with Crippen molar-refractivity contribution >= 4 is 5.91 Å². The minimum absolute atomic E-state index is 0.265. The van der Waals surface area contributed by atoms with Gasteiger partial charge in [-0.15, -0.1) is 0 Å². The summed E-state index contributed by atoms with van der Waals surface area (Å²) in [6.45, 7) is 5.66. The van der Waals surface area contributed by atoms with E-state index in [0.29, 0.717) is 19.6 Å². The number of hydrogen-bond acceptors (Lipinski definition) is 6. The van der Waals surface area contributed by atoms with E-state index in [9.17, 15) is 9.90 Å². The van der Waals surface area contributed by atoms with Crippen LogP contribution < -0.4 is 5.32 Å². The smallest absolute Gasteiger partial charge is 0.217 e. The Labute approximate surface area is 153 Å². The zero-order valence-corrected chi connectivity index (χ0v) is 15.4. The molecule has 7 heteroatoms. The van der Waals surface area contributed by atoms with E-state index in [1.165, 1.54) is 6.92 Å². The van der Waals surface area contributed by atoms with Crippen LogP contribution >= 0.6 is 0 Å². The summed E-state index contributed by atoms with van der Waals surface area (Å²) < 4.78 is 23.3. The summed E-state index contributed by atoms with van der Waals surface area (Å²) in [5, 5.41) is 13.5. The van der Waals surface area contributed by atoms with Gasteiger partial charge in [-0.05, 0) is 25.8 Å². The molecule has 2 aliphatic rings. The van der Waals surface area contributed by atoms with E-state index in [0.717, 1.165) is 5.56 Å². The van der Waals surface area contributed by atoms with Gasteiger partial charge < -0.3 is 29.4 Å². The van der Waals surface area contributed by atoms with Crippen molar-refractivity contribution in [2.24, 2.45) is 0 Å². The highest BCUT2D eigenvalue weighted by atomic mass is 16.8. The van der Waals surface area contributed by atoms with E-state index in [-0.39, 0.29) is 5.91 Å². The molecule has 1 aromatic rings. The standard InChI is InChI=1S/C19H27NO6/c1-12(21)20-15-16(22)17-14(11-24-19(2,3)26-17)25-18(15)23-10-9-13-7-5-4-6-8-13/h4-8,14-18,22H,9-11H2,1-3H3,(H,20,21)/t14-,15+,16-,17+,18+/m1/s1. The average Bonchev–Trinajstić information content (AvgIpc) is 2.59. The Balaban J connectivity index is 1.66. The summed E-state index contributed by atoms with van der Waals surface area (Å²) >= 11 is 0. The molecule has 0 aliphatic carbocycles. The van der Waals surface area contributed by atoms with E-state index in [2.05, 4.69) is 5.32 Å². The number of hydrogen-bond donors (Lipinski definition) is 2. The Morgan fingerprint density at radius 2 is 2.08 bits per heavy atom. The zero-order chi connectivity index (χ0) is 18.7. The van der Waals surface area contributed by atoms with E-state index in [1.54, 1.807) is 13.8 Å². The van der Waals surface area contributed by atoms with Gasteiger partial charge in [-0.1, -0.05) is 30.3 Å². The fourth-order valence-corrected chi connectivity index (χ4v) is 3.31. The van der Waals surface area contributed by atoms with E-state index in [4.69, 9.17) is 18.9 Å². The fraction of sp³-hybridized carbons (Fsp3) is 0.632. The Morgan fingerprint density at radius 3 is 2.77 bits per heavy atom. The number of aliphatic hydroxyl groups excluding tert-OH is 1. The maximum Gasteiger partial charge on any atom is 0.217 e. The monoisotopic (exact) mass is 365 g/mol. The Morgan fingerprint density at radius 1 is 1.35 bits per heavy atom. The van der Waals surface area contributed by atoms with Crippen molar-refractivity contribution in [3.8, 4) is 0 Å². The zero-order valence-electron chi connectivity index (χ0n) is 15.4. The molecule has 1 amide bonds. The van der Waals surface area contributed by atoms with Gasteiger partial charge in [0.25, 0.3) is 0 Å². The van der Waals surface area contributed by atoms with Gasteiger partial charge in [0.05, 0.1) is 13.2 Å². The number of benzene rings is 1. The molecule has 0 aromatic heterocycles. The molecule has 2 fully saturated rings. The summed E-state index contributed by atoms with van der Waals surface area (Å²) in [7, 11) is 0. The first-order valence-corrected chi connectivity index (χ1v) is 8.94. The lowest BCUT2D eigenvalue weighted by atomic mass is 9.95. The minimum Gasteiger partial charge on any atom is -0.388 e. The molecule has 1 aromatic carbocycles. The number of carbonyl (C=O) groups is 1. The van der Waals surface area contributed by atoms with E-state index < -0.39 is 36.4 Å². The van der Waals surface area contributed by atoms with Crippen molar-refractivity contribution in [1.82, 2.24) is 5.32 Å². The van der Waals surface area contributed by atoms with Crippen molar-refractivity contribution in [3.05, 3.63) is 35.9 Å². The van der Waals surface area contributed by atoms with Crippen LogP contribution in [0.4, 0.5) is 0 Å². The number of aliphatic hydroxyl groups is 1. The third-order valence-corrected chi connectivity index (χ3v) is 4.57. The maximum absolute atomic E-state index is 11.6. The first-order valence-electron chi connectivity index (χ1n) is 8.94. The molecular formula is C19H27NO6. The van der Waals surface area contributed by atoms with Crippen molar-refractivity contribution in [2.75, 3.05) is 13.2 Å². The third kappa shape index (κ3) is 4.61. The predicted octanol–water partition coefficient (Wildman–Crippen LogP) is 0.988. The van der Waals surface area contributed by atoms with E-state index in [1.807, 2.05) is 30.3 Å². The van der Waals surface area contributed by atoms with Gasteiger partial charge in [-0.25, -0.2) is 0 Å². The normalized spacial score (nSPS) is 33.3. The lowest BCUT2D eigenvalue weighted by Gasteiger charge is -2.49. The van der Waals surface area contributed by atoms with Crippen LogP contribution in [0.2, 0.25) is 0 Å². The first kappa shape index (κ1) is 19.3. The molecule has 5 atom stereocenters. The molecule has 2 heterocycles. The molecular weight excluding hydrogens is 338 g/mol. The summed E-state index contributed by atoms with van der Waals surface area (Å²) in [6, 6.07) is 9.23. The summed E-state index contributed by atoms with van der Waals surface area (Å²) in [4.78, 5) is 11.6. The lowest BCUT2D eigenvalue weighted by Crippen LogP contribution is -2.68. The van der Waals surface area contributed by atoms with Gasteiger partial charge in [0.15, 0.2) is 12.1 Å². The van der Waals surface area contributed by atoms with Gasteiger partial charge in [0, 0.05) is 6.92 Å². The Bertz CT molecular complexity index is 607. The summed E-state index contributed by atoms with van der Waals surface area (Å²) in [6.07, 6.45) is -2.07. The summed E-state index contributed by atoms with van der Waals surface area (Å²) in [5.74, 6) is -1.08. The van der Waals surface area contributed by atoms with Crippen LogP contribution in [-0.2, 0) is 30.2 Å². The van der Waals surface area contributed by atoms with Crippen LogP contribution in [0.1, 0.15) is 26.3 Å². The second-order valence-electron chi connectivity index (χ2n) is 7.16. The van der Waals surface area contributed by atoms with Crippen LogP contribution in [0.25, 0.3) is 0 Å². The molecule has 7 nitrogen and oxygen atoms in total. The van der Waals surface area contributed by atoms with Crippen LogP contribution in [0.5, 0.6) is 0 Å². The molecule has 0 radical (unpaired) electrons. The molecule has 26 heavy (non-hydrogen) atoms. The van der Waals surface area contributed by atoms with Crippen molar-refractivity contribution in [2.45, 2.75) is 63.6 Å². The maximum atomic E-state index is 11.6. The van der Waals surface area contributed by atoms with Gasteiger partial charge in [-0.3, -0.25) is 4.79 Å². The third-order valence-electron chi connectivity index (χ3n) is 4.57.